The summed E-state index contributed by atoms with van der Waals surface area (Å²) in [5, 5.41) is 2.80. The Bertz CT molecular complexity index is 596. The van der Waals surface area contributed by atoms with Crippen LogP contribution in [-0.2, 0) is 11.2 Å². The van der Waals surface area contributed by atoms with E-state index >= 15 is 0 Å². The molecule has 1 aromatic rings. The van der Waals surface area contributed by atoms with Crippen LogP contribution >= 0.6 is 11.8 Å². The van der Waals surface area contributed by atoms with Crippen LogP contribution in [0.2, 0.25) is 0 Å². The summed E-state index contributed by atoms with van der Waals surface area (Å²) in [6.45, 7) is 10.3. The molecular formula is C20H33NO4S. The van der Waals surface area contributed by atoms with Crippen LogP contribution in [0.5, 0.6) is 11.5 Å². The molecule has 1 amide bonds. The quantitative estimate of drug-likeness (QED) is 0.482. The molecule has 0 saturated carbocycles. The first-order valence-electron chi connectivity index (χ1n) is 9.07. The maximum absolute atomic E-state index is 11.8. The van der Waals surface area contributed by atoms with Crippen molar-refractivity contribution in [1.29, 1.82) is 0 Å². The van der Waals surface area contributed by atoms with Gasteiger partial charge < -0.3 is 19.5 Å². The number of unbranched alkanes of at least 4 members (excludes halogenated alkanes) is 1. The summed E-state index contributed by atoms with van der Waals surface area (Å²) in [7, 11) is 3.37. The lowest BCUT2D eigenvalue weighted by Gasteiger charge is -2.20. The summed E-state index contributed by atoms with van der Waals surface area (Å²) in [6.07, 6.45) is 2.58. The Morgan fingerprint density at radius 1 is 1.23 bits per heavy atom. The molecule has 0 heterocycles. The minimum absolute atomic E-state index is 0.402. The number of carbonyl (C=O) groups is 1. The number of ether oxygens (including phenoxy) is 3. The zero-order chi connectivity index (χ0) is 19.7. The molecule has 0 spiro atoms. The highest BCUT2D eigenvalue weighted by Gasteiger charge is 2.19. The van der Waals surface area contributed by atoms with Gasteiger partial charge >= 0.3 is 6.09 Å². The van der Waals surface area contributed by atoms with Crippen molar-refractivity contribution in [1.82, 2.24) is 5.32 Å². The van der Waals surface area contributed by atoms with Crippen LogP contribution in [-0.4, -0.2) is 38.2 Å². The SMILES string of the molecule is CCCCSc1c(OC)cc(CCNC(=O)OC(C)(C)C)c(C)c1OC. The van der Waals surface area contributed by atoms with Crippen molar-refractivity contribution >= 4 is 17.9 Å². The highest BCUT2D eigenvalue weighted by Crippen LogP contribution is 2.42. The molecule has 0 bridgehead atoms. The number of thioether (sulfide) groups is 1. The number of hydrogen-bond acceptors (Lipinski definition) is 5. The predicted octanol–water partition coefficient (Wildman–Crippen LogP) is 4.97. The smallest absolute Gasteiger partial charge is 0.407 e. The lowest BCUT2D eigenvalue weighted by atomic mass is 10.0. The number of carbonyl (C=O) groups excluding carboxylic acids is 1. The molecule has 0 unspecified atom stereocenters. The molecule has 0 radical (unpaired) electrons. The van der Waals surface area contributed by atoms with Gasteiger partial charge in [0.1, 0.15) is 17.1 Å². The lowest BCUT2D eigenvalue weighted by molar-refractivity contribution is 0.0528. The summed E-state index contributed by atoms with van der Waals surface area (Å²) >= 11 is 1.77. The molecule has 148 valence electrons. The Kier molecular flexibility index (Phi) is 9.13. The highest BCUT2D eigenvalue weighted by molar-refractivity contribution is 7.99. The second-order valence-electron chi connectivity index (χ2n) is 7.11. The number of hydrogen-bond donors (Lipinski definition) is 1. The van der Waals surface area contributed by atoms with Gasteiger partial charge in [-0.2, -0.15) is 0 Å². The Morgan fingerprint density at radius 2 is 1.92 bits per heavy atom. The lowest BCUT2D eigenvalue weighted by Crippen LogP contribution is -2.33. The fraction of sp³-hybridized carbons (Fsp3) is 0.650. The normalized spacial score (nSPS) is 11.2. The third-order valence-corrected chi connectivity index (χ3v) is 4.96. The van der Waals surface area contributed by atoms with Gasteiger partial charge in [-0.3, -0.25) is 0 Å². The van der Waals surface area contributed by atoms with Gasteiger partial charge in [-0.05, 0) is 63.5 Å². The van der Waals surface area contributed by atoms with Gasteiger partial charge in [0.25, 0.3) is 0 Å². The Labute approximate surface area is 162 Å². The van der Waals surface area contributed by atoms with Crippen LogP contribution < -0.4 is 14.8 Å². The van der Waals surface area contributed by atoms with Gasteiger partial charge in [0.05, 0.1) is 19.1 Å². The van der Waals surface area contributed by atoms with Crippen molar-refractivity contribution in [2.24, 2.45) is 0 Å². The standard InChI is InChI=1S/C20H33NO4S/c1-8-9-12-26-18-16(23-6)13-15(14(2)17(18)24-7)10-11-21-19(22)25-20(3,4)5/h13H,8-12H2,1-7H3,(H,21,22). The monoisotopic (exact) mass is 383 g/mol. The first-order chi connectivity index (χ1) is 12.2. The largest absolute Gasteiger partial charge is 0.495 e. The highest BCUT2D eigenvalue weighted by atomic mass is 32.2. The van der Waals surface area contributed by atoms with Gasteiger partial charge in [-0.25, -0.2) is 4.79 Å². The first kappa shape index (κ1) is 22.5. The second-order valence-corrected chi connectivity index (χ2v) is 8.21. The average Bonchev–Trinajstić information content (AvgIpc) is 2.55. The molecule has 0 aliphatic carbocycles. The van der Waals surface area contributed by atoms with Crippen LogP contribution in [0.15, 0.2) is 11.0 Å². The third-order valence-electron chi connectivity index (χ3n) is 3.79. The number of methoxy groups -OCH3 is 2. The molecule has 0 fully saturated rings. The molecule has 6 heteroatoms. The van der Waals surface area contributed by atoms with Crippen molar-refractivity contribution in [3.8, 4) is 11.5 Å². The number of rotatable bonds is 9. The number of alkyl carbamates (subject to hydrolysis) is 1. The van der Waals surface area contributed by atoms with E-state index < -0.39 is 11.7 Å². The number of amides is 1. The molecule has 1 rings (SSSR count). The molecule has 1 aromatic carbocycles. The molecule has 1 N–H and O–H groups in total. The molecule has 26 heavy (non-hydrogen) atoms. The number of benzene rings is 1. The average molecular weight is 384 g/mol. The van der Waals surface area contributed by atoms with Crippen LogP contribution in [0.3, 0.4) is 0 Å². The van der Waals surface area contributed by atoms with E-state index in [4.69, 9.17) is 14.2 Å². The summed E-state index contributed by atoms with van der Waals surface area (Å²) in [4.78, 5) is 12.8. The predicted molar refractivity (Wildman–Crippen MR) is 108 cm³/mol. The molecule has 0 aliphatic heterocycles. The minimum Gasteiger partial charge on any atom is -0.495 e. The summed E-state index contributed by atoms with van der Waals surface area (Å²) in [6, 6.07) is 2.04. The van der Waals surface area contributed by atoms with E-state index in [0.717, 1.165) is 46.1 Å². The van der Waals surface area contributed by atoms with E-state index in [1.54, 1.807) is 26.0 Å². The van der Waals surface area contributed by atoms with E-state index in [-0.39, 0.29) is 0 Å². The zero-order valence-corrected chi connectivity index (χ0v) is 18.0. The topological polar surface area (TPSA) is 56.8 Å². The molecule has 0 atom stereocenters. The van der Waals surface area contributed by atoms with Crippen LogP contribution in [0, 0.1) is 6.92 Å². The molecule has 0 aliphatic rings. The summed E-state index contributed by atoms with van der Waals surface area (Å²) in [5.41, 5.74) is 1.68. The van der Waals surface area contributed by atoms with E-state index in [1.165, 1.54) is 0 Å². The van der Waals surface area contributed by atoms with Crippen LogP contribution in [0.1, 0.15) is 51.7 Å². The van der Waals surface area contributed by atoms with Crippen molar-refractivity contribution in [2.75, 3.05) is 26.5 Å². The molecule has 5 nitrogen and oxygen atoms in total. The summed E-state index contributed by atoms with van der Waals surface area (Å²) < 4.78 is 16.5. The van der Waals surface area contributed by atoms with Gasteiger partial charge in [0.15, 0.2) is 0 Å². The van der Waals surface area contributed by atoms with Gasteiger partial charge in [0, 0.05) is 6.54 Å². The van der Waals surface area contributed by atoms with E-state index in [1.807, 2.05) is 33.8 Å². The minimum atomic E-state index is -0.496. The fourth-order valence-electron chi connectivity index (χ4n) is 2.49. The van der Waals surface area contributed by atoms with Crippen molar-refractivity contribution in [3.05, 3.63) is 17.2 Å². The van der Waals surface area contributed by atoms with Crippen molar-refractivity contribution in [2.45, 2.75) is 64.4 Å². The van der Waals surface area contributed by atoms with Gasteiger partial charge in [-0.1, -0.05) is 13.3 Å². The van der Waals surface area contributed by atoms with Crippen LogP contribution in [0.4, 0.5) is 4.79 Å². The van der Waals surface area contributed by atoms with E-state index in [9.17, 15) is 4.79 Å². The van der Waals surface area contributed by atoms with Gasteiger partial charge in [-0.15, -0.1) is 11.8 Å². The molecular weight excluding hydrogens is 350 g/mol. The zero-order valence-electron chi connectivity index (χ0n) is 17.2. The molecule has 0 saturated heterocycles. The first-order valence-corrected chi connectivity index (χ1v) is 10.1. The third kappa shape index (κ3) is 6.98. The van der Waals surface area contributed by atoms with Crippen molar-refractivity contribution in [3.63, 3.8) is 0 Å². The number of nitrogens with one attached hydrogen (secondary N) is 1. The Morgan fingerprint density at radius 3 is 2.46 bits per heavy atom. The second kappa shape index (κ2) is 10.6. The Balaban J connectivity index is 2.87. The van der Waals surface area contributed by atoms with Crippen molar-refractivity contribution < 1.29 is 19.0 Å². The maximum atomic E-state index is 11.8. The van der Waals surface area contributed by atoms with Gasteiger partial charge in [0.2, 0.25) is 0 Å². The maximum Gasteiger partial charge on any atom is 0.407 e. The summed E-state index contributed by atoms with van der Waals surface area (Å²) in [5.74, 6) is 2.71. The molecule has 0 aromatic heterocycles. The van der Waals surface area contributed by atoms with E-state index in [2.05, 4.69) is 12.2 Å². The van der Waals surface area contributed by atoms with E-state index in [0.29, 0.717) is 13.0 Å². The Hall–Kier alpha value is -1.56. The fourth-order valence-corrected chi connectivity index (χ4v) is 3.77. The van der Waals surface area contributed by atoms with Crippen LogP contribution in [0.25, 0.3) is 0 Å².